The Morgan fingerprint density at radius 1 is 1.07 bits per heavy atom. The molecule has 4 fully saturated rings. The van der Waals surface area contributed by atoms with Crippen LogP contribution in [0.15, 0.2) is 35.9 Å². The molecule has 6 rings (SSSR count). The van der Waals surface area contributed by atoms with Crippen LogP contribution in [0.3, 0.4) is 0 Å². The summed E-state index contributed by atoms with van der Waals surface area (Å²) in [5.74, 6) is 3.75. The van der Waals surface area contributed by atoms with Gasteiger partial charge in [0.05, 0.1) is 12.7 Å². The molecule has 1 unspecified atom stereocenters. The SMILES string of the molecule is COc1ccc([C@H]2C[C@]34O[C@@]3(C)CC[C@H]4[C@@H]3CCC4=CC(=O)CC[C@]4(C)C23)cc1. The van der Waals surface area contributed by atoms with Gasteiger partial charge in [0.2, 0.25) is 0 Å². The van der Waals surface area contributed by atoms with Crippen molar-refractivity contribution < 1.29 is 14.3 Å². The normalized spacial score (nSPS) is 47.4. The maximum absolute atomic E-state index is 12.2. The second-order valence-electron chi connectivity index (χ2n) is 10.7. The molecule has 0 amide bonds. The highest BCUT2D eigenvalue weighted by atomic mass is 16.6. The standard InChI is InChI=1S/C26H32O3/c1-24-12-10-18(27)14-17(24)6-9-20-22-11-13-25(2)26(22,29-25)15-21(23(20)24)16-4-7-19(28-3)8-5-16/h4-5,7-8,14,20-23H,6,9-13,15H2,1-3H3/t20-,21+,22-,23?,24-,25-,26+/m0/s1. The van der Waals surface area contributed by atoms with Crippen LogP contribution in [0.1, 0.15) is 70.3 Å². The predicted molar refractivity (Wildman–Crippen MR) is 112 cm³/mol. The zero-order valence-electron chi connectivity index (χ0n) is 17.9. The summed E-state index contributed by atoms with van der Waals surface area (Å²) < 4.78 is 12.0. The number of hydrogen-bond donors (Lipinski definition) is 0. The Hall–Kier alpha value is -1.61. The van der Waals surface area contributed by atoms with Crippen LogP contribution in [-0.2, 0) is 9.53 Å². The monoisotopic (exact) mass is 392 g/mol. The number of rotatable bonds is 2. The lowest BCUT2D eigenvalue weighted by atomic mass is 9.46. The predicted octanol–water partition coefficient (Wildman–Crippen LogP) is 5.44. The van der Waals surface area contributed by atoms with Gasteiger partial charge in [0.25, 0.3) is 0 Å². The molecule has 5 aliphatic rings. The molecule has 0 radical (unpaired) electrons. The number of ether oxygens (including phenoxy) is 2. The highest BCUT2D eigenvalue weighted by molar-refractivity contribution is 5.91. The van der Waals surface area contributed by atoms with Crippen LogP contribution >= 0.6 is 0 Å². The summed E-state index contributed by atoms with van der Waals surface area (Å²) in [4.78, 5) is 12.2. The van der Waals surface area contributed by atoms with E-state index in [0.717, 1.165) is 25.0 Å². The van der Waals surface area contributed by atoms with Crippen LogP contribution in [-0.4, -0.2) is 24.1 Å². The highest BCUT2D eigenvalue weighted by Gasteiger charge is 2.78. The van der Waals surface area contributed by atoms with E-state index < -0.39 is 0 Å². The Morgan fingerprint density at radius 2 is 1.86 bits per heavy atom. The molecule has 0 aromatic heterocycles. The molecule has 1 aromatic carbocycles. The first-order valence-corrected chi connectivity index (χ1v) is 11.5. The molecule has 7 atom stereocenters. The van der Waals surface area contributed by atoms with Crippen LogP contribution in [0.2, 0.25) is 0 Å². The van der Waals surface area contributed by atoms with Crippen molar-refractivity contribution in [3.8, 4) is 5.75 Å². The summed E-state index contributed by atoms with van der Waals surface area (Å²) >= 11 is 0. The number of carbonyl (C=O) groups is 1. The van der Waals surface area contributed by atoms with Crippen LogP contribution in [0.25, 0.3) is 0 Å². The van der Waals surface area contributed by atoms with E-state index in [9.17, 15) is 4.79 Å². The van der Waals surface area contributed by atoms with Gasteiger partial charge in [-0.2, -0.15) is 0 Å². The number of ketones is 1. The molecule has 1 aromatic rings. The summed E-state index contributed by atoms with van der Waals surface area (Å²) in [6.45, 7) is 4.83. The van der Waals surface area contributed by atoms with E-state index in [1.807, 2.05) is 6.08 Å². The first-order chi connectivity index (χ1) is 13.9. The summed E-state index contributed by atoms with van der Waals surface area (Å²) in [5.41, 5.74) is 3.21. The van der Waals surface area contributed by atoms with E-state index in [0.29, 0.717) is 35.9 Å². The quantitative estimate of drug-likeness (QED) is 0.629. The topological polar surface area (TPSA) is 38.8 Å². The van der Waals surface area contributed by atoms with E-state index in [2.05, 4.69) is 38.1 Å². The maximum Gasteiger partial charge on any atom is 0.155 e. The number of hydrogen-bond acceptors (Lipinski definition) is 3. The molecule has 1 spiro atoms. The molecule has 1 aliphatic heterocycles. The lowest BCUT2D eigenvalue weighted by molar-refractivity contribution is -0.117. The van der Waals surface area contributed by atoms with Crippen LogP contribution in [0.5, 0.6) is 5.75 Å². The number of methoxy groups -OCH3 is 1. The van der Waals surface area contributed by atoms with Crippen LogP contribution in [0.4, 0.5) is 0 Å². The Bertz CT molecular complexity index is 901. The minimum Gasteiger partial charge on any atom is -0.497 e. The lowest BCUT2D eigenvalue weighted by Gasteiger charge is -2.58. The number of carbonyl (C=O) groups excluding carboxylic acids is 1. The Kier molecular flexibility index (Phi) is 3.61. The zero-order chi connectivity index (χ0) is 20.0. The molecule has 3 heteroatoms. The molecular formula is C26H32O3. The molecule has 154 valence electrons. The van der Waals surface area contributed by atoms with Crippen molar-refractivity contribution in [3.63, 3.8) is 0 Å². The van der Waals surface area contributed by atoms with Gasteiger partial charge in [0, 0.05) is 6.42 Å². The van der Waals surface area contributed by atoms with Crippen molar-refractivity contribution in [1.82, 2.24) is 0 Å². The van der Waals surface area contributed by atoms with Crippen molar-refractivity contribution in [3.05, 3.63) is 41.5 Å². The molecule has 3 saturated carbocycles. The van der Waals surface area contributed by atoms with Gasteiger partial charge in [-0.3, -0.25) is 4.79 Å². The molecule has 4 aliphatic carbocycles. The number of allylic oxidation sites excluding steroid dienone is 1. The van der Waals surface area contributed by atoms with Crippen molar-refractivity contribution in [2.75, 3.05) is 7.11 Å². The highest BCUT2D eigenvalue weighted by Crippen LogP contribution is 2.75. The fraction of sp³-hybridized carbons (Fsp3) is 0.654. The van der Waals surface area contributed by atoms with Gasteiger partial charge in [-0.05, 0) is 98.3 Å². The molecule has 3 nitrogen and oxygen atoms in total. The summed E-state index contributed by atoms with van der Waals surface area (Å²) in [6.07, 6.45) is 9.74. The average Bonchev–Trinajstić information content (AvgIpc) is 3.19. The minimum atomic E-state index is 0.0980. The third-order valence-electron chi connectivity index (χ3n) is 9.71. The van der Waals surface area contributed by atoms with Crippen LogP contribution in [0, 0.1) is 23.2 Å². The van der Waals surface area contributed by atoms with Gasteiger partial charge in [0.15, 0.2) is 5.78 Å². The first kappa shape index (κ1) is 18.2. The fourth-order valence-electron chi connectivity index (χ4n) is 8.25. The van der Waals surface area contributed by atoms with E-state index in [-0.39, 0.29) is 16.6 Å². The van der Waals surface area contributed by atoms with Gasteiger partial charge >= 0.3 is 0 Å². The Labute approximate surface area is 173 Å². The summed E-state index contributed by atoms with van der Waals surface area (Å²) in [7, 11) is 1.73. The molecular weight excluding hydrogens is 360 g/mol. The minimum absolute atomic E-state index is 0.0980. The van der Waals surface area contributed by atoms with Gasteiger partial charge in [0.1, 0.15) is 11.4 Å². The largest absolute Gasteiger partial charge is 0.497 e. The first-order valence-electron chi connectivity index (χ1n) is 11.5. The molecule has 1 saturated heterocycles. The average molecular weight is 393 g/mol. The fourth-order valence-corrected chi connectivity index (χ4v) is 8.25. The lowest BCUT2D eigenvalue weighted by Crippen LogP contribution is -2.53. The summed E-state index contributed by atoms with van der Waals surface area (Å²) in [5, 5.41) is 0. The van der Waals surface area contributed by atoms with Crippen LogP contribution < -0.4 is 4.74 Å². The van der Waals surface area contributed by atoms with Crippen molar-refractivity contribution >= 4 is 5.78 Å². The molecule has 0 N–H and O–H groups in total. The number of fused-ring (bicyclic) bond motifs is 4. The molecule has 29 heavy (non-hydrogen) atoms. The van der Waals surface area contributed by atoms with Gasteiger partial charge in [-0.1, -0.05) is 24.6 Å². The maximum atomic E-state index is 12.2. The van der Waals surface area contributed by atoms with Crippen molar-refractivity contribution in [2.45, 2.75) is 75.9 Å². The third kappa shape index (κ3) is 2.26. The second-order valence-corrected chi connectivity index (χ2v) is 10.7. The van der Waals surface area contributed by atoms with E-state index in [4.69, 9.17) is 9.47 Å². The second kappa shape index (κ2) is 5.75. The van der Waals surface area contributed by atoms with Crippen molar-refractivity contribution in [2.24, 2.45) is 23.2 Å². The number of benzene rings is 1. The smallest absolute Gasteiger partial charge is 0.155 e. The van der Waals surface area contributed by atoms with E-state index >= 15 is 0 Å². The third-order valence-corrected chi connectivity index (χ3v) is 9.71. The molecule has 0 bridgehead atoms. The Balaban J connectivity index is 1.47. The van der Waals surface area contributed by atoms with Crippen molar-refractivity contribution in [1.29, 1.82) is 0 Å². The summed E-state index contributed by atoms with van der Waals surface area (Å²) in [6, 6.07) is 8.78. The van der Waals surface area contributed by atoms with E-state index in [1.165, 1.54) is 30.4 Å². The van der Waals surface area contributed by atoms with Gasteiger partial charge in [-0.15, -0.1) is 0 Å². The Morgan fingerprint density at radius 3 is 2.59 bits per heavy atom. The molecule has 1 heterocycles. The zero-order valence-corrected chi connectivity index (χ0v) is 17.9. The van der Waals surface area contributed by atoms with E-state index in [1.54, 1.807) is 7.11 Å². The van der Waals surface area contributed by atoms with Gasteiger partial charge in [-0.25, -0.2) is 0 Å². The van der Waals surface area contributed by atoms with Gasteiger partial charge < -0.3 is 9.47 Å². The number of epoxide rings is 1.